The molecule has 0 aliphatic carbocycles. The molecule has 2 aromatic heterocycles. The Kier molecular flexibility index (Phi) is 8.44. The van der Waals surface area contributed by atoms with Gasteiger partial charge in [-0.1, -0.05) is 0 Å². The van der Waals surface area contributed by atoms with Crippen molar-refractivity contribution in [2.24, 2.45) is 0 Å². The number of aromatic nitrogens is 4. The molecule has 1 aliphatic heterocycles. The molecule has 2 aromatic rings. The molecule has 6 N–H and O–H groups in total. The van der Waals surface area contributed by atoms with Gasteiger partial charge in [0, 0.05) is 0 Å². The molecular formula is C10H16N5Na2O7P. The first-order valence-corrected chi connectivity index (χ1v) is 8.18. The predicted molar refractivity (Wildman–Crippen MR) is 75.9 cm³/mol. The zero-order valence-electron chi connectivity index (χ0n) is 15.5. The van der Waals surface area contributed by atoms with Gasteiger partial charge >= 0.3 is 66.7 Å². The fourth-order valence-corrected chi connectivity index (χ4v) is 2.56. The second-order valence-electron chi connectivity index (χ2n) is 4.92. The Morgan fingerprint density at radius 3 is 2.60 bits per heavy atom. The van der Waals surface area contributed by atoms with E-state index in [9.17, 15) is 14.8 Å². The average molecular weight is 395 g/mol. The Hall–Kier alpha value is 0.340. The quantitative estimate of drug-likeness (QED) is 0.244. The van der Waals surface area contributed by atoms with E-state index in [1.807, 2.05) is 0 Å². The van der Waals surface area contributed by atoms with Crippen LogP contribution in [0.5, 0.6) is 0 Å². The molecule has 12 nitrogen and oxygen atoms in total. The van der Waals surface area contributed by atoms with Gasteiger partial charge in [0.15, 0.2) is 30.3 Å². The van der Waals surface area contributed by atoms with Gasteiger partial charge in [-0.25, -0.2) is 15.0 Å². The van der Waals surface area contributed by atoms with Crippen LogP contribution in [0.2, 0.25) is 0 Å². The first-order chi connectivity index (χ1) is 10.8. The number of imidazole rings is 1. The van der Waals surface area contributed by atoms with Crippen molar-refractivity contribution in [2.45, 2.75) is 24.7 Å². The number of hydrogen-bond acceptors (Lipinski definition) is 9. The number of fused-ring (bicyclic) bond motifs is 1. The first-order valence-electron chi connectivity index (χ1n) is 6.39. The Labute approximate surface area is 188 Å². The number of anilines is 1. The van der Waals surface area contributed by atoms with Gasteiger partial charge in [-0.3, -0.25) is 9.13 Å². The Balaban J connectivity index is 0. The average Bonchev–Trinajstić information content (AvgIpc) is 3.01. The van der Waals surface area contributed by atoms with Crippen molar-refractivity contribution in [1.82, 2.24) is 19.5 Å². The minimum absolute atomic E-state index is 0. The van der Waals surface area contributed by atoms with E-state index in [-0.39, 0.29) is 78.9 Å². The molecule has 1 saturated heterocycles. The fraction of sp³-hybridized carbons (Fsp3) is 0.500. The van der Waals surface area contributed by atoms with Crippen LogP contribution in [0.25, 0.3) is 11.2 Å². The van der Waals surface area contributed by atoms with Gasteiger partial charge in [0.25, 0.3) is 0 Å². The maximum atomic E-state index is 10.8. The molecular weight excluding hydrogens is 379 g/mol. The Bertz CT molecular complexity index is 783. The van der Waals surface area contributed by atoms with E-state index in [0.717, 1.165) is 0 Å². The van der Waals surface area contributed by atoms with Crippen molar-refractivity contribution < 1.29 is 96.0 Å². The third kappa shape index (κ3) is 4.99. The van der Waals surface area contributed by atoms with Crippen molar-refractivity contribution >= 4 is 24.6 Å². The third-order valence-corrected chi connectivity index (χ3v) is 3.75. The normalized spacial score (nSPS) is 26.2. The molecule has 1 fully saturated rings. The largest absolute Gasteiger partial charge is 1.00 e. The molecule has 15 heteroatoms. The van der Waals surface area contributed by atoms with Crippen LogP contribution in [0.1, 0.15) is 9.08 Å². The van der Waals surface area contributed by atoms with Crippen LogP contribution in [-0.2, 0) is 14.0 Å². The van der Waals surface area contributed by atoms with E-state index < -0.39 is 38.7 Å². The molecule has 0 unspecified atom stereocenters. The zero-order chi connectivity index (χ0) is 16.8. The van der Waals surface area contributed by atoms with Crippen LogP contribution in [0, 0.1) is 0 Å². The van der Waals surface area contributed by atoms with E-state index in [1.54, 1.807) is 0 Å². The van der Waals surface area contributed by atoms with Gasteiger partial charge < -0.3 is 38.1 Å². The van der Waals surface area contributed by atoms with Crippen molar-refractivity contribution in [1.29, 1.82) is 0 Å². The summed E-state index contributed by atoms with van der Waals surface area (Å²) in [6.07, 6.45) is -3.93. The minimum Gasteiger partial charge on any atom is -1.00 e. The van der Waals surface area contributed by atoms with Crippen LogP contribution in [0.15, 0.2) is 12.7 Å². The number of aliphatic hydroxyl groups excluding tert-OH is 2. The molecule has 3 rings (SSSR count). The van der Waals surface area contributed by atoms with Gasteiger partial charge in [0.05, 0.1) is 6.33 Å². The molecule has 25 heavy (non-hydrogen) atoms. The summed E-state index contributed by atoms with van der Waals surface area (Å²) >= 11 is 0. The molecule has 1 aliphatic rings. The second kappa shape index (κ2) is 9.02. The molecule has 0 aromatic carbocycles. The van der Waals surface area contributed by atoms with Crippen LogP contribution in [0.3, 0.4) is 0 Å². The van der Waals surface area contributed by atoms with Crippen LogP contribution in [0.4, 0.5) is 5.82 Å². The monoisotopic (exact) mass is 395 g/mol. The maximum absolute atomic E-state index is 10.8. The first kappa shape index (κ1) is 23.4. The summed E-state index contributed by atoms with van der Waals surface area (Å²) < 4.78 is 22.3. The summed E-state index contributed by atoms with van der Waals surface area (Å²) in [4.78, 5) is 29.4. The number of ether oxygens (including phenoxy) is 2. The molecule has 0 saturated carbocycles. The third-order valence-electron chi connectivity index (χ3n) is 3.26. The maximum Gasteiger partial charge on any atom is 1.00 e. The van der Waals surface area contributed by atoms with E-state index in [2.05, 4.69) is 15.0 Å². The summed E-state index contributed by atoms with van der Waals surface area (Å²) in [6.45, 7) is 0. The smallest absolute Gasteiger partial charge is 1.00 e. The van der Waals surface area contributed by atoms with Gasteiger partial charge in [-0.2, -0.15) is 0 Å². The summed E-state index contributed by atoms with van der Waals surface area (Å²) in [5.41, 5.74) is 6.22. The molecule has 0 bridgehead atoms. The van der Waals surface area contributed by atoms with Crippen molar-refractivity contribution in [2.75, 3.05) is 12.1 Å². The second-order valence-corrected chi connectivity index (χ2v) is 6.51. The fourth-order valence-electron chi connectivity index (χ4n) is 2.22. The van der Waals surface area contributed by atoms with Crippen molar-refractivity contribution in [3.63, 3.8) is 0 Å². The standard InChI is InChI=1S/C10H14N5O7P.2Na.2H/c11-7-4-8(13-1-12-7)15(2-14-4)9-5(16)6(17)10(22-9)21-3-23(18,19)20;;;;/h1-2,5-6,9-10,16-17H,3H2,(H2,11,12,13)(H2,18,19,20);;;;/q;2*+1;2*-1/t5-,6+,9-,10+;;;;/m1..../s1. The molecule has 4 atom stereocenters. The van der Waals surface area contributed by atoms with Crippen molar-refractivity contribution in [3.8, 4) is 0 Å². The number of nitrogens with zero attached hydrogens (tertiary/aromatic N) is 4. The van der Waals surface area contributed by atoms with Gasteiger partial charge in [0.1, 0.15) is 24.1 Å². The van der Waals surface area contributed by atoms with E-state index in [0.29, 0.717) is 0 Å². The summed E-state index contributed by atoms with van der Waals surface area (Å²) in [5.74, 6) is 0.135. The van der Waals surface area contributed by atoms with Crippen molar-refractivity contribution in [3.05, 3.63) is 12.7 Å². The van der Waals surface area contributed by atoms with Gasteiger partial charge in [-0.15, -0.1) is 0 Å². The Morgan fingerprint density at radius 1 is 1.28 bits per heavy atom. The van der Waals surface area contributed by atoms with Crippen LogP contribution < -0.4 is 64.8 Å². The molecule has 0 radical (unpaired) electrons. The molecule has 0 amide bonds. The van der Waals surface area contributed by atoms with E-state index in [1.165, 1.54) is 17.2 Å². The predicted octanol–water partition coefficient (Wildman–Crippen LogP) is -7.63. The number of rotatable bonds is 4. The Morgan fingerprint density at radius 2 is 1.96 bits per heavy atom. The topological polar surface area (TPSA) is 186 Å². The number of nitrogens with two attached hydrogens (primary N) is 1. The zero-order valence-corrected chi connectivity index (χ0v) is 18.4. The van der Waals surface area contributed by atoms with Crippen LogP contribution in [-0.4, -0.2) is 64.4 Å². The number of aliphatic hydroxyl groups is 2. The number of nitrogen functional groups attached to an aromatic ring is 1. The number of hydrogen-bond donors (Lipinski definition) is 5. The molecule has 0 spiro atoms. The van der Waals surface area contributed by atoms with Gasteiger partial charge in [0.2, 0.25) is 0 Å². The summed E-state index contributed by atoms with van der Waals surface area (Å²) in [6, 6.07) is 0. The van der Waals surface area contributed by atoms with E-state index >= 15 is 0 Å². The minimum atomic E-state index is -4.44. The molecule has 130 valence electrons. The summed E-state index contributed by atoms with van der Waals surface area (Å²) in [7, 11) is -4.44. The van der Waals surface area contributed by atoms with E-state index in [4.69, 9.17) is 25.0 Å². The van der Waals surface area contributed by atoms with Gasteiger partial charge in [-0.05, 0) is 0 Å². The summed E-state index contributed by atoms with van der Waals surface area (Å²) in [5, 5.41) is 20.0. The van der Waals surface area contributed by atoms with Crippen LogP contribution >= 0.6 is 7.60 Å². The molecule has 3 heterocycles. The SMILES string of the molecule is Nc1ncnc2c1ncn2[C@@H]1O[C@H](OCP(=O)(O)O)[C@@H](O)[C@H]1O.[H-].[H-].[Na+].[Na+].